The van der Waals surface area contributed by atoms with Gasteiger partial charge in [0.25, 0.3) is 0 Å². The van der Waals surface area contributed by atoms with E-state index in [-0.39, 0.29) is 23.8 Å². The van der Waals surface area contributed by atoms with E-state index in [0.717, 1.165) is 18.2 Å². The molecule has 2 N–H and O–H groups in total. The minimum Gasteiger partial charge on any atom is -0.350 e. The summed E-state index contributed by atoms with van der Waals surface area (Å²) in [5, 5.41) is 4.81. The van der Waals surface area contributed by atoms with Crippen molar-refractivity contribution in [1.29, 1.82) is 0 Å². The molecule has 4 nitrogen and oxygen atoms in total. The van der Waals surface area contributed by atoms with Gasteiger partial charge in [-0.15, -0.1) is 0 Å². The molecule has 0 saturated heterocycles. The number of rotatable bonds is 5. The summed E-state index contributed by atoms with van der Waals surface area (Å²) in [4.78, 5) is 22.5. The lowest BCUT2D eigenvalue weighted by molar-refractivity contribution is -0.127. The first-order valence-electron chi connectivity index (χ1n) is 5.53. The lowest BCUT2D eigenvalue weighted by atomic mass is 10.2. The third kappa shape index (κ3) is 4.86. The van der Waals surface area contributed by atoms with Crippen LogP contribution in [-0.2, 0) is 16.1 Å². The highest BCUT2D eigenvalue weighted by Gasteiger charge is 2.17. The van der Waals surface area contributed by atoms with Gasteiger partial charge in [0.15, 0.2) is 0 Å². The minimum atomic E-state index is -0.808. The SMILES string of the molecule is CC(=O)NC(CS)C(=O)NCc1cc(F)ccc1F. The Kier molecular flexibility index (Phi) is 5.75. The maximum atomic E-state index is 13.3. The molecule has 0 bridgehead atoms. The van der Waals surface area contributed by atoms with Gasteiger partial charge in [-0.05, 0) is 18.2 Å². The molecule has 1 atom stereocenters. The van der Waals surface area contributed by atoms with Crippen molar-refractivity contribution in [2.45, 2.75) is 19.5 Å². The van der Waals surface area contributed by atoms with Crippen LogP contribution in [0.2, 0.25) is 0 Å². The molecule has 1 aromatic rings. The van der Waals surface area contributed by atoms with E-state index < -0.39 is 23.6 Å². The van der Waals surface area contributed by atoms with Crippen LogP contribution in [0, 0.1) is 11.6 Å². The second-order valence-electron chi connectivity index (χ2n) is 3.89. The summed E-state index contributed by atoms with van der Waals surface area (Å²) in [7, 11) is 0. The molecule has 0 aliphatic carbocycles. The molecule has 1 unspecified atom stereocenters. The van der Waals surface area contributed by atoms with Crippen molar-refractivity contribution in [2.75, 3.05) is 5.75 Å². The van der Waals surface area contributed by atoms with Gasteiger partial charge in [-0.25, -0.2) is 8.78 Å². The number of nitrogens with one attached hydrogen (secondary N) is 2. The number of halogens is 2. The van der Waals surface area contributed by atoms with Gasteiger partial charge in [0, 0.05) is 24.8 Å². The summed E-state index contributed by atoms with van der Waals surface area (Å²) >= 11 is 3.94. The number of carbonyl (C=O) groups excluding carboxylic acids is 2. The van der Waals surface area contributed by atoms with Crippen molar-refractivity contribution in [3.05, 3.63) is 35.4 Å². The zero-order chi connectivity index (χ0) is 14.4. The Labute approximate surface area is 115 Å². The van der Waals surface area contributed by atoms with Crippen LogP contribution in [0.15, 0.2) is 18.2 Å². The molecule has 1 rings (SSSR count). The quantitative estimate of drug-likeness (QED) is 0.708. The van der Waals surface area contributed by atoms with Gasteiger partial charge in [0.2, 0.25) is 11.8 Å². The molecule has 0 heterocycles. The van der Waals surface area contributed by atoms with Gasteiger partial charge >= 0.3 is 0 Å². The monoisotopic (exact) mass is 288 g/mol. The van der Waals surface area contributed by atoms with Gasteiger partial charge in [0.1, 0.15) is 17.7 Å². The molecule has 0 saturated carbocycles. The van der Waals surface area contributed by atoms with Crippen LogP contribution in [0.25, 0.3) is 0 Å². The van der Waals surface area contributed by atoms with Gasteiger partial charge in [-0.3, -0.25) is 9.59 Å². The van der Waals surface area contributed by atoms with Crippen molar-refractivity contribution in [1.82, 2.24) is 10.6 Å². The third-order valence-corrected chi connectivity index (χ3v) is 2.70. The Balaban J connectivity index is 2.62. The number of hydrogen-bond acceptors (Lipinski definition) is 3. The molecule has 0 spiro atoms. The number of hydrogen-bond donors (Lipinski definition) is 3. The highest BCUT2D eigenvalue weighted by atomic mass is 32.1. The van der Waals surface area contributed by atoms with Crippen molar-refractivity contribution in [3.8, 4) is 0 Å². The van der Waals surface area contributed by atoms with Crippen molar-refractivity contribution >= 4 is 24.4 Å². The van der Waals surface area contributed by atoms with Gasteiger partial charge in [-0.2, -0.15) is 12.6 Å². The second-order valence-corrected chi connectivity index (χ2v) is 4.25. The number of carbonyl (C=O) groups is 2. The van der Waals surface area contributed by atoms with Crippen LogP contribution < -0.4 is 10.6 Å². The van der Waals surface area contributed by atoms with Gasteiger partial charge in [0.05, 0.1) is 0 Å². The minimum absolute atomic E-state index is 0.0362. The fourth-order valence-electron chi connectivity index (χ4n) is 1.42. The van der Waals surface area contributed by atoms with Crippen LogP contribution in [0.5, 0.6) is 0 Å². The fourth-order valence-corrected chi connectivity index (χ4v) is 1.68. The van der Waals surface area contributed by atoms with Crippen LogP contribution in [0.1, 0.15) is 12.5 Å². The van der Waals surface area contributed by atoms with E-state index in [9.17, 15) is 18.4 Å². The number of thiol groups is 1. The standard InChI is InChI=1S/C12H14F2N2O2S/c1-7(17)16-11(6-19)12(18)15-5-8-4-9(13)2-3-10(8)14/h2-4,11,19H,5-6H2,1H3,(H,15,18)(H,16,17). The molecule has 0 aliphatic rings. The van der Waals surface area contributed by atoms with Crippen molar-refractivity contribution in [2.24, 2.45) is 0 Å². The zero-order valence-corrected chi connectivity index (χ0v) is 11.1. The second kappa shape index (κ2) is 7.08. The Hall–Kier alpha value is -1.63. The summed E-state index contributed by atoms with van der Waals surface area (Å²) in [6, 6.07) is 2.18. The largest absolute Gasteiger partial charge is 0.350 e. The first kappa shape index (κ1) is 15.4. The van der Waals surface area contributed by atoms with E-state index in [1.807, 2.05) is 0 Å². The summed E-state index contributed by atoms with van der Waals surface area (Å²) < 4.78 is 26.2. The highest BCUT2D eigenvalue weighted by molar-refractivity contribution is 7.80. The first-order valence-corrected chi connectivity index (χ1v) is 6.17. The van der Waals surface area contributed by atoms with E-state index in [1.54, 1.807) is 0 Å². The Bertz CT molecular complexity index is 483. The maximum absolute atomic E-state index is 13.3. The number of benzene rings is 1. The molecule has 1 aromatic carbocycles. The van der Waals surface area contributed by atoms with E-state index in [1.165, 1.54) is 6.92 Å². The molecule has 19 heavy (non-hydrogen) atoms. The van der Waals surface area contributed by atoms with Crippen molar-refractivity contribution in [3.63, 3.8) is 0 Å². The molecule has 0 aliphatic heterocycles. The van der Waals surface area contributed by atoms with Crippen molar-refractivity contribution < 1.29 is 18.4 Å². The molecule has 0 aromatic heterocycles. The Morgan fingerprint density at radius 1 is 1.37 bits per heavy atom. The van der Waals surface area contributed by atoms with E-state index in [4.69, 9.17) is 0 Å². The summed E-state index contributed by atoms with van der Waals surface area (Å²) in [5.41, 5.74) is 0.0362. The lowest BCUT2D eigenvalue weighted by Crippen LogP contribution is -2.47. The molecule has 104 valence electrons. The average molecular weight is 288 g/mol. The van der Waals surface area contributed by atoms with E-state index >= 15 is 0 Å². The van der Waals surface area contributed by atoms with E-state index in [2.05, 4.69) is 23.3 Å². The molecular weight excluding hydrogens is 274 g/mol. The van der Waals surface area contributed by atoms with Crippen LogP contribution in [-0.4, -0.2) is 23.6 Å². The molecule has 7 heteroatoms. The maximum Gasteiger partial charge on any atom is 0.243 e. The number of amides is 2. The zero-order valence-electron chi connectivity index (χ0n) is 10.2. The van der Waals surface area contributed by atoms with E-state index in [0.29, 0.717) is 0 Å². The normalized spacial score (nSPS) is 11.8. The predicted molar refractivity (Wildman–Crippen MR) is 69.7 cm³/mol. The van der Waals surface area contributed by atoms with Gasteiger partial charge < -0.3 is 10.6 Å². The Morgan fingerprint density at radius 2 is 2.05 bits per heavy atom. The molecule has 2 amide bonds. The fraction of sp³-hybridized carbons (Fsp3) is 0.333. The summed E-state index contributed by atoms with van der Waals surface area (Å²) in [6.45, 7) is 1.11. The Morgan fingerprint density at radius 3 is 2.63 bits per heavy atom. The molecule has 0 fully saturated rings. The van der Waals surface area contributed by atoms with Gasteiger partial charge in [-0.1, -0.05) is 0 Å². The predicted octanol–water partition coefficient (Wildman–Crippen LogP) is 1.02. The third-order valence-electron chi connectivity index (χ3n) is 2.34. The highest BCUT2D eigenvalue weighted by Crippen LogP contribution is 2.09. The molecular formula is C12H14F2N2O2S. The van der Waals surface area contributed by atoms with Crippen LogP contribution in [0.4, 0.5) is 8.78 Å². The average Bonchev–Trinajstić information content (AvgIpc) is 2.36. The summed E-state index contributed by atoms with van der Waals surface area (Å²) in [6.07, 6.45) is 0. The lowest BCUT2D eigenvalue weighted by Gasteiger charge is -2.15. The van der Waals surface area contributed by atoms with Crippen LogP contribution >= 0.6 is 12.6 Å². The molecule has 0 radical (unpaired) electrons. The van der Waals surface area contributed by atoms with Crippen LogP contribution in [0.3, 0.4) is 0 Å². The smallest absolute Gasteiger partial charge is 0.243 e. The first-order chi connectivity index (χ1) is 8.93. The summed E-state index contributed by atoms with van der Waals surface area (Å²) in [5.74, 6) is -1.96. The topological polar surface area (TPSA) is 58.2 Å².